The molecule has 1 saturated carbocycles. The van der Waals surface area contributed by atoms with Crippen LogP contribution in [0.3, 0.4) is 0 Å². The maximum atomic E-state index is 12.7. The van der Waals surface area contributed by atoms with Crippen LogP contribution in [-0.2, 0) is 14.3 Å². The van der Waals surface area contributed by atoms with Crippen molar-refractivity contribution in [1.82, 2.24) is 10.9 Å². The largest absolute Gasteiger partial charge is 0.448 e. The van der Waals surface area contributed by atoms with Crippen LogP contribution >= 0.6 is 0 Å². The molecule has 2 N–H and O–H groups in total. The van der Waals surface area contributed by atoms with Gasteiger partial charge in [-0.05, 0) is 25.8 Å². The van der Waals surface area contributed by atoms with Gasteiger partial charge in [-0.1, -0.05) is 26.0 Å². The summed E-state index contributed by atoms with van der Waals surface area (Å²) < 4.78 is 5.42. The highest BCUT2D eigenvalue weighted by Gasteiger charge is 2.75. The molecule has 9 heteroatoms. The van der Waals surface area contributed by atoms with Crippen LogP contribution in [0.15, 0.2) is 24.3 Å². The number of hydrogen-bond donors (Lipinski definition) is 2. The molecule has 2 aliphatic rings. The average Bonchev–Trinajstić information content (AvgIpc) is 2.89. The van der Waals surface area contributed by atoms with E-state index in [0.717, 1.165) is 0 Å². The molecule has 0 spiro atoms. The summed E-state index contributed by atoms with van der Waals surface area (Å²) in [4.78, 5) is 47.5. The average molecular weight is 361 g/mol. The quantitative estimate of drug-likeness (QED) is 0.477. The Kier molecular flexibility index (Phi) is 3.78. The van der Waals surface area contributed by atoms with Crippen LogP contribution in [0.4, 0.5) is 5.69 Å². The second-order valence-corrected chi connectivity index (χ2v) is 7.36. The number of benzene rings is 1. The molecule has 1 heterocycles. The zero-order valence-electron chi connectivity index (χ0n) is 14.6. The number of nitro benzene ring substituents is 1. The minimum absolute atomic E-state index is 0.186. The van der Waals surface area contributed by atoms with Crippen molar-refractivity contribution in [3.05, 3.63) is 39.9 Å². The fourth-order valence-corrected chi connectivity index (χ4v) is 3.85. The smallest absolute Gasteiger partial charge is 0.313 e. The lowest BCUT2D eigenvalue weighted by molar-refractivity contribution is -0.385. The lowest BCUT2D eigenvalue weighted by Gasteiger charge is -2.35. The maximum Gasteiger partial charge on any atom is 0.313 e. The topological polar surface area (TPSA) is 128 Å². The van der Waals surface area contributed by atoms with Crippen molar-refractivity contribution >= 4 is 23.5 Å². The van der Waals surface area contributed by atoms with Crippen molar-refractivity contribution in [2.75, 3.05) is 0 Å². The number of carbonyl (C=O) groups is 3. The van der Waals surface area contributed by atoms with Gasteiger partial charge in [-0.2, -0.15) is 0 Å². The van der Waals surface area contributed by atoms with Gasteiger partial charge in [0.25, 0.3) is 17.5 Å². The lowest BCUT2D eigenvalue weighted by atomic mass is 9.66. The highest BCUT2D eigenvalue weighted by molar-refractivity contribution is 6.01. The fourth-order valence-electron chi connectivity index (χ4n) is 3.85. The number of para-hydroxylation sites is 1. The van der Waals surface area contributed by atoms with Crippen molar-refractivity contribution in [3.8, 4) is 0 Å². The SMILES string of the molecule is CC12CCC(C(=O)NNC(=O)c3ccccc3[N+](=O)[O-])(OC1=O)C2(C)C. The van der Waals surface area contributed by atoms with Crippen molar-refractivity contribution in [2.24, 2.45) is 10.8 Å². The van der Waals surface area contributed by atoms with Crippen LogP contribution in [0.2, 0.25) is 0 Å². The molecule has 138 valence electrons. The first-order valence-corrected chi connectivity index (χ1v) is 8.14. The van der Waals surface area contributed by atoms with E-state index in [9.17, 15) is 24.5 Å². The summed E-state index contributed by atoms with van der Waals surface area (Å²) in [5, 5.41) is 11.0. The zero-order chi connectivity index (χ0) is 19.3. The highest BCUT2D eigenvalue weighted by Crippen LogP contribution is 2.65. The molecule has 2 unspecified atom stereocenters. The van der Waals surface area contributed by atoms with E-state index in [-0.39, 0.29) is 11.3 Å². The Morgan fingerprint density at radius 3 is 2.35 bits per heavy atom. The molecule has 2 fully saturated rings. The fraction of sp³-hybridized carbons (Fsp3) is 0.471. The summed E-state index contributed by atoms with van der Waals surface area (Å²) in [5.41, 5.74) is 0.969. The highest BCUT2D eigenvalue weighted by atomic mass is 16.6. The van der Waals surface area contributed by atoms with Crippen molar-refractivity contribution in [3.63, 3.8) is 0 Å². The normalized spacial score (nSPS) is 28.3. The first-order valence-electron chi connectivity index (χ1n) is 8.14. The summed E-state index contributed by atoms with van der Waals surface area (Å²) in [7, 11) is 0. The number of carbonyl (C=O) groups excluding carboxylic acids is 3. The summed E-state index contributed by atoms with van der Waals surface area (Å²) in [5.74, 6) is -1.91. The summed E-state index contributed by atoms with van der Waals surface area (Å²) >= 11 is 0. The molecule has 0 radical (unpaired) electrons. The molecule has 2 amide bonds. The monoisotopic (exact) mass is 361 g/mol. The Balaban J connectivity index is 1.77. The number of rotatable bonds is 3. The molecule has 1 saturated heterocycles. The Morgan fingerprint density at radius 2 is 1.81 bits per heavy atom. The van der Waals surface area contributed by atoms with Crippen LogP contribution in [-0.4, -0.2) is 28.3 Å². The number of nitrogens with one attached hydrogen (secondary N) is 2. The van der Waals surface area contributed by atoms with E-state index < -0.39 is 39.1 Å². The lowest BCUT2D eigenvalue weighted by Crippen LogP contribution is -2.57. The van der Waals surface area contributed by atoms with E-state index in [1.54, 1.807) is 20.8 Å². The van der Waals surface area contributed by atoms with Gasteiger partial charge < -0.3 is 4.74 Å². The Hall–Kier alpha value is -2.97. The summed E-state index contributed by atoms with van der Waals surface area (Å²) in [6, 6.07) is 5.39. The van der Waals surface area contributed by atoms with E-state index in [2.05, 4.69) is 10.9 Å². The van der Waals surface area contributed by atoms with Crippen LogP contribution in [0.25, 0.3) is 0 Å². The van der Waals surface area contributed by atoms with Crippen molar-refractivity contribution < 1.29 is 24.0 Å². The van der Waals surface area contributed by atoms with Gasteiger partial charge >= 0.3 is 5.97 Å². The maximum absolute atomic E-state index is 12.7. The predicted octanol–water partition coefficient (Wildman–Crippen LogP) is 1.48. The van der Waals surface area contributed by atoms with Gasteiger partial charge in [0.2, 0.25) is 0 Å². The Bertz CT molecular complexity index is 836. The molecule has 1 aromatic carbocycles. The van der Waals surface area contributed by atoms with Crippen LogP contribution in [0.1, 0.15) is 44.0 Å². The first-order chi connectivity index (χ1) is 12.1. The number of esters is 1. The van der Waals surface area contributed by atoms with E-state index in [4.69, 9.17) is 4.74 Å². The second-order valence-electron chi connectivity index (χ2n) is 7.36. The van der Waals surface area contributed by atoms with E-state index in [1.807, 2.05) is 0 Å². The van der Waals surface area contributed by atoms with E-state index in [1.165, 1.54) is 24.3 Å². The molecule has 2 atom stereocenters. The second kappa shape index (κ2) is 5.52. The molecule has 2 bridgehead atoms. The first kappa shape index (κ1) is 17.8. The Labute approximate surface area is 149 Å². The number of nitrogens with zero attached hydrogens (tertiary/aromatic N) is 1. The standard InChI is InChI=1S/C17H19N3O6/c1-15(2)16(3)8-9-17(15,26-14(16)23)13(22)19-18-12(21)10-6-4-5-7-11(10)20(24)25/h4-7H,8-9H2,1-3H3,(H,18,21)(H,19,22). The molecule has 9 nitrogen and oxygen atoms in total. The van der Waals surface area contributed by atoms with Gasteiger partial charge in [0, 0.05) is 11.5 Å². The number of ether oxygens (including phenoxy) is 1. The number of fused-ring (bicyclic) bond motifs is 2. The number of hydrogen-bond acceptors (Lipinski definition) is 6. The van der Waals surface area contributed by atoms with Crippen LogP contribution in [0.5, 0.6) is 0 Å². The summed E-state index contributed by atoms with van der Waals surface area (Å²) in [6.45, 7) is 5.34. The molecule has 26 heavy (non-hydrogen) atoms. The zero-order valence-corrected chi connectivity index (χ0v) is 14.6. The summed E-state index contributed by atoms with van der Waals surface area (Å²) in [6.07, 6.45) is 0.847. The number of amides is 2. The molecular formula is C17H19N3O6. The number of nitro groups is 1. The molecular weight excluding hydrogens is 342 g/mol. The van der Waals surface area contributed by atoms with E-state index in [0.29, 0.717) is 12.8 Å². The van der Waals surface area contributed by atoms with Gasteiger partial charge in [0.15, 0.2) is 5.60 Å². The van der Waals surface area contributed by atoms with Gasteiger partial charge in [0.1, 0.15) is 5.56 Å². The predicted molar refractivity (Wildman–Crippen MR) is 88.7 cm³/mol. The molecule has 1 aromatic rings. The van der Waals surface area contributed by atoms with E-state index >= 15 is 0 Å². The molecule has 1 aliphatic carbocycles. The molecule has 3 rings (SSSR count). The number of hydrazine groups is 1. The van der Waals surface area contributed by atoms with Crippen molar-refractivity contribution in [2.45, 2.75) is 39.2 Å². The molecule has 0 aromatic heterocycles. The third-order valence-electron chi connectivity index (χ3n) is 6.09. The van der Waals surface area contributed by atoms with Crippen molar-refractivity contribution in [1.29, 1.82) is 0 Å². The Morgan fingerprint density at radius 1 is 1.15 bits per heavy atom. The van der Waals surface area contributed by atoms with Gasteiger partial charge in [-0.25, -0.2) is 0 Å². The van der Waals surface area contributed by atoms with Crippen LogP contribution in [0, 0.1) is 20.9 Å². The third kappa shape index (κ3) is 2.12. The van der Waals surface area contributed by atoms with Gasteiger partial charge in [-0.3, -0.25) is 35.3 Å². The van der Waals surface area contributed by atoms with Gasteiger partial charge in [0.05, 0.1) is 10.3 Å². The minimum atomic E-state index is -1.38. The minimum Gasteiger partial charge on any atom is -0.448 e. The molecule has 1 aliphatic heterocycles. The van der Waals surface area contributed by atoms with Gasteiger partial charge in [-0.15, -0.1) is 0 Å². The van der Waals surface area contributed by atoms with Crippen LogP contribution < -0.4 is 10.9 Å². The third-order valence-corrected chi connectivity index (χ3v) is 6.09.